The Kier molecular flexibility index (Phi) is 5.27. The van der Waals surface area contributed by atoms with Gasteiger partial charge >= 0.3 is 0 Å². The van der Waals surface area contributed by atoms with Crippen LogP contribution < -0.4 is 0 Å². The summed E-state index contributed by atoms with van der Waals surface area (Å²) in [5, 5.41) is 4.71. The Bertz CT molecular complexity index is 1010. The van der Waals surface area contributed by atoms with Gasteiger partial charge in [0.25, 0.3) is 5.91 Å². The number of aromatic nitrogens is 3. The van der Waals surface area contributed by atoms with E-state index in [1.54, 1.807) is 30.2 Å². The second-order valence-corrected chi connectivity index (χ2v) is 7.23. The van der Waals surface area contributed by atoms with Crippen LogP contribution in [0.3, 0.4) is 0 Å². The van der Waals surface area contributed by atoms with Crippen molar-refractivity contribution in [1.29, 1.82) is 0 Å². The number of thiazole rings is 1. The minimum Gasteiger partial charge on any atom is -0.378 e. The summed E-state index contributed by atoms with van der Waals surface area (Å²) >= 11 is 1.32. The van der Waals surface area contributed by atoms with Crippen molar-refractivity contribution in [2.24, 2.45) is 0 Å². The molecule has 0 radical (unpaired) electrons. The largest absolute Gasteiger partial charge is 0.378 e. The summed E-state index contributed by atoms with van der Waals surface area (Å²) in [5.41, 5.74) is 1.77. The Labute approximate surface area is 164 Å². The Balaban J connectivity index is 1.54. The van der Waals surface area contributed by atoms with E-state index >= 15 is 0 Å². The summed E-state index contributed by atoms with van der Waals surface area (Å²) in [6.07, 6.45) is 6.34. The number of aryl methyl sites for hydroxylation is 1. The van der Waals surface area contributed by atoms with E-state index in [1.165, 1.54) is 17.4 Å². The molecule has 0 unspecified atom stereocenters. The number of nitrogens with zero attached hydrogens (tertiary/aromatic N) is 4. The molecule has 3 aromatic heterocycles. The zero-order valence-corrected chi connectivity index (χ0v) is 15.9. The number of pyridine rings is 1. The highest BCUT2D eigenvalue weighted by Crippen LogP contribution is 2.26. The van der Waals surface area contributed by atoms with Gasteiger partial charge in [-0.25, -0.2) is 9.37 Å². The molecule has 4 rings (SSSR count). The Hall–Kier alpha value is -2.91. The molecule has 1 amide bonds. The van der Waals surface area contributed by atoms with Crippen LogP contribution in [-0.2, 0) is 4.74 Å². The van der Waals surface area contributed by atoms with Gasteiger partial charge in [0.1, 0.15) is 27.2 Å². The monoisotopic (exact) mass is 400 g/mol. The van der Waals surface area contributed by atoms with Crippen LogP contribution in [0.5, 0.6) is 0 Å². The molecule has 0 aromatic carbocycles. The first-order valence-corrected chi connectivity index (χ1v) is 9.52. The molecule has 4 heterocycles. The van der Waals surface area contributed by atoms with E-state index in [1.807, 2.05) is 6.08 Å². The molecule has 0 atom stereocenters. The number of morpholine rings is 1. The quantitative estimate of drug-likeness (QED) is 0.669. The Morgan fingerprint density at radius 3 is 2.79 bits per heavy atom. The fourth-order valence-electron chi connectivity index (χ4n) is 2.82. The van der Waals surface area contributed by atoms with Gasteiger partial charge in [-0.15, -0.1) is 11.3 Å². The predicted octanol–water partition coefficient (Wildman–Crippen LogP) is 3.28. The zero-order chi connectivity index (χ0) is 19.5. The molecule has 9 heteroatoms. The van der Waals surface area contributed by atoms with E-state index in [0.717, 1.165) is 11.8 Å². The molecule has 0 saturated carbocycles. The van der Waals surface area contributed by atoms with E-state index in [9.17, 15) is 9.18 Å². The van der Waals surface area contributed by atoms with E-state index in [-0.39, 0.29) is 5.91 Å². The molecule has 28 heavy (non-hydrogen) atoms. The predicted molar refractivity (Wildman–Crippen MR) is 102 cm³/mol. The molecule has 1 saturated heterocycles. The number of halogens is 1. The minimum absolute atomic E-state index is 0.0298. The maximum atomic E-state index is 13.1. The number of carbonyl (C=O) groups is 1. The molecular weight excluding hydrogens is 383 g/mol. The molecule has 0 aliphatic carbocycles. The number of rotatable bonds is 4. The van der Waals surface area contributed by atoms with Crippen LogP contribution in [0.25, 0.3) is 23.5 Å². The molecule has 144 valence electrons. The van der Waals surface area contributed by atoms with Gasteiger partial charge in [0, 0.05) is 18.7 Å². The molecule has 3 aromatic rings. The highest BCUT2D eigenvalue weighted by Gasteiger charge is 2.20. The topological polar surface area (TPSA) is 81.3 Å². The highest BCUT2D eigenvalue weighted by atomic mass is 32.1. The van der Waals surface area contributed by atoms with Gasteiger partial charge < -0.3 is 14.2 Å². The smallest absolute Gasteiger partial charge is 0.265 e. The molecule has 1 aliphatic rings. The third-order valence-electron chi connectivity index (χ3n) is 4.30. The Morgan fingerprint density at radius 1 is 1.21 bits per heavy atom. The minimum atomic E-state index is -0.415. The lowest BCUT2D eigenvalue weighted by Crippen LogP contribution is -2.40. The summed E-state index contributed by atoms with van der Waals surface area (Å²) in [4.78, 5) is 23.2. The van der Waals surface area contributed by atoms with Gasteiger partial charge in [0.15, 0.2) is 0 Å². The lowest BCUT2D eigenvalue weighted by molar-refractivity contribution is 0.0306. The first-order valence-electron chi connectivity index (χ1n) is 8.71. The summed E-state index contributed by atoms with van der Waals surface area (Å²) in [5.74, 6) is 0.165. The molecule has 1 fully saturated rings. The van der Waals surface area contributed by atoms with Crippen molar-refractivity contribution in [3.63, 3.8) is 0 Å². The zero-order valence-electron chi connectivity index (χ0n) is 15.1. The second-order valence-electron chi connectivity index (χ2n) is 6.16. The van der Waals surface area contributed by atoms with Crippen molar-refractivity contribution in [2.75, 3.05) is 26.3 Å². The summed E-state index contributed by atoms with van der Waals surface area (Å²) in [6.45, 7) is 4.09. The van der Waals surface area contributed by atoms with Crippen LogP contribution in [0.2, 0.25) is 0 Å². The fraction of sp³-hybridized carbons (Fsp3) is 0.263. The molecule has 0 N–H and O–H groups in total. The summed E-state index contributed by atoms with van der Waals surface area (Å²) in [7, 11) is 0. The molecular formula is C19H17FN4O3S. The van der Waals surface area contributed by atoms with Crippen LogP contribution >= 0.6 is 11.3 Å². The van der Waals surface area contributed by atoms with Crippen LogP contribution in [0.4, 0.5) is 4.39 Å². The Morgan fingerprint density at radius 2 is 2.04 bits per heavy atom. The van der Waals surface area contributed by atoms with Gasteiger partial charge in [0.05, 0.1) is 31.3 Å². The SMILES string of the molecule is Cc1onc(-c2ccc(F)cn2)c1C=Cc1ncc(C(=O)N2CCOCC2)s1. The second kappa shape index (κ2) is 7.99. The van der Waals surface area contributed by atoms with Crippen LogP contribution in [-0.4, -0.2) is 52.2 Å². The van der Waals surface area contributed by atoms with Crippen LogP contribution in [0.1, 0.15) is 26.0 Å². The van der Waals surface area contributed by atoms with Crippen molar-refractivity contribution in [3.05, 3.63) is 51.6 Å². The van der Waals surface area contributed by atoms with Gasteiger partial charge in [0.2, 0.25) is 0 Å². The van der Waals surface area contributed by atoms with Crippen LogP contribution in [0, 0.1) is 12.7 Å². The molecule has 7 nitrogen and oxygen atoms in total. The third kappa shape index (κ3) is 3.85. The van der Waals surface area contributed by atoms with Crippen molar-refractivity contribution in [3.8, 4) is 11.4 Å². The lowest BCUT2D eigenvalue weighted by Gasteiger charge is -2.26. The first kappa shape index (κ1) is 18.5. The summed E-state index contributed by atoms with van der Waals surface area (Å²) < 4.78 is 23.7. The van der Waals surface area contributed by atoms with Gasteiger partial charge in [-0.2, -0.15) is 0 Å². The molecule has 0 spiro atoms. The lowest BCUT2D eigenvalue weighted by atomic mass is 10.1. The van der Waals surface area contributed by atoms with Crippen molar-refractivity contribution in [1.82, 2.24) is 20.0 Å². The van der Waals surface area contributed by atoms with Crippen molar-refractivity contribution in [2.45, 2.75) is 6.92 Å². The fourth-order valence-corrected chi connectivity index (χ4v) is 3.61. The van der Waals surface area contributed by atoms with Gasteiger partial charge in [-0.3, -0.25) is 9.78 Å². The number of hydrogen-bond acceptors (Lipinski definition) is 7. The van der Waals surface area contributed by atoms with E-state index in [0.29, 0.717) is 53.3 Å². The van der Waals surface area contributed by atoms with E-state index in [4.69, 9.17) is 9.26 Å². The average molecular weight is 400 g/mol. The number of carbonyl (C=O) groups excluding carboxylic acids is 1. The van der Waals surface area contributed by atoms with Gasteiger partial charge in [-0.1, -0.05) is 5.16 Å². The third-order valence-corrected chi connectivity index (χ3v) is 5.25. The standard InChI is InChI=1S/C19H17FN4O3S/c1-12-14(18(23-27-12)15-4-2-13(20)10-21-15)3-5-17-22-11-16(28-17)19(25)24-6-8-26-9-7-24/h2-5,10-11H,6-9H2,1H3. The van der Waals surface area contributed by atoms with Crippen LogP contribution in [0.15, 0.2) is 29.0 Å². The number of amides is 1. The van der Waals surface area contributed by atoms with Gasteiger partial charge in [-0.05, 0) is 31.2 Å². The number of ether oxygens (including phenoxy) is 1. The maximum absolute atomic E-state index is 13.1. The normalized spacial score (nSPS) is 14.7. The van der Waals surface area contributed by atoms with Crippen molar-refractivity contribution < 1.29 is 18.4 Å². The average Bonchev–Trinajstić information content (AvgIpc) is 3.34. The molecule has 0 bridgehead atoms. The summed E-state index contributed by atoms with van der Waals surface area (Å²) in [6, 6.07) is 2.87. The molecule has 1 aliphatic heterocycles. The van der Waals surface area contributed by atoms with Crippen molar-refractivity contribution >= 4 is 29.4 Å². The van der Waals surface area contributed by atoms with E-state index in [2.05, 4.69) is 15.1 Å². The van der Waals surface area contributed by atoms with E-state index < -0.39 is 5.82 Å². The first-order chi connectivity index (χ1) is 13.6. The highest BCUT2D eigenvalue weighted by molar-refractivity contribution is 7.14. The number of hydrogen-bond donors (Lipinski definition) is 0. The maximum Gasteiger partial charge on any atom is 0.265 e.